The summed E-state index contributed by atoms with van der Waals surface area (Å²) in [7, 11) is 3.40. The Labute approximate surface area is 119 Å². The Morgan fingerprint density at radius 2 is 2.35 bits per heavy atom. The molecule has 0 radical (unpaired) electrons. The van der Waals surface area contributed by atoms with Crippen molar-refractivity contribution in [2.24, 2.45) is 0 Å². The lowest BCUT2D eigenvalue weighted by Gasteiger charge is -2.15. The second-order valence-corrected chi connectivity index (χ2v) is 4.91. The number of urea groups is 1. The van der Waals surface area contributed by atoms with E-state index in [1.807, 2.05) is 24.3 Å². The van der Waals surface area contributed by atoms with Crippen molar-refractivity contribution in [1.82, 2.24) is 4.90 Å². The molecule has 1 heterocycles. The van der Waals surface area contributed by atoms with Gasteiger partial charge in [0.2, 0.25) is 0 Å². The molecule has 2 rings (SSSR count). The highest BCUT2D eigenvalue weighted by Crippen LogP contribution is 2.25. The highest BCUT2D eigenvalue weighted by atomic mass is 16.6. The van der Waals surface area contributed by atoms with Crippen LogP contribution in [0.5, 0.6) is 5.75 Å². The van der Waals surface area contributed by atoms with Crippen LogP contribution in [0.3, 0.4) is 0 Å². The Balaban J connectivity index is 2.08. The third-order valence-electron chi connectivity index (χ3n) is 2.91. The summed E-state index contributed by atoms with van der Waals surface area (Å²) in [5.74, 6) is 0.809. The molecule has 1 atom stereocenters. The van der Waals surface area contributed by atoms with Crippen LogP contribution in [0.1, 0.15) is 5.56 Å². The van der Waals surface area contributed by atoms with Crippen LogP contribution in [0.15, 0.2) is 30.9 Å². The maximum atomic E-state index is 11.6. The number of carbonyl (C=O) groups excluding carboxylic acids is 1. The van der Waals surface area contributed by atoms with E-state index in [0.717, 1.165) is 23.6 Å². The van der Waals surface area contributed by atoms with E-state index in [4.69, 9.17) is 9.47 Å². The first-order chi connectivity index (χ1) is 9.60. The monoisotopic (exact) mass is 276 g/mol. The summed E-state index contributed by atoms with van der Waals surface area (Å²) in [6.07, 6.45) is 2.72. The smallest absolute Gasteiger partial charge is 0.321 e. The number of hydrogen-bond donors (Lipinski definition) is 1. The maximum Gasteiger partial charge on any atom is 0.321 e. The van der Waals surface area contributed by atoms with Gasteiger partial charge >= 0.3 is 6.03 Å². The number of carbonyl (C=O) groups is 1. The van der Waals surface area contributed by atoms with Crippen molar-refractivity contribution in [2.45, 2.75) is 12.5 Å². The zero-order chi connectivity index (χ0) is 14.5. The summed E-state index contributed by atoms with van der Waals surface area (Å²) in [6, 6.07) is 5.45. The second kappa shape index (κ2) is 6.43. The number of nitrogens with zero attached hydrogens (tertiary/aromatic N) is 1. The molecule has 1 aromatic rings. The first-order valence-corrected chi connectivity index (χ1v) is 6.56. The molecule has 0 aromatic heterocycles. The molecular weight excluding hydrogens is 256 g/mol. The zero-order valence-electron chi connectivity index (χ0n) is 11.9. The molecular formula is C15H20N2O3. The largest absolute Gasteiger partial charge is 0.490 e. The number of ether oxygens (including phenoxy) is 2. The van der Waals surface area contributed by atoms with E-state index >= 15 is 0 Å². The number of anilines is 1. The summed E-state index contributed by atoms with van der Waals surface area (Å²) in [4.78, 5) is 13.1. The van der Waals surface area contributed by atoms with Gasteiger partial charge in [0, 0.05) is 19.8 Å². The average Bonchev–Trinajstić information content (AvgIpc) is 3.22. The molecule has 5 heteroatoms. The van der Waals surface area contributed by atoms with E-state index in [9.17, 15) is 4.79 Å². The van der Waals surface area contributed by atoms with Crippen molar-refractivity contribution in [1.29, 1.82) is 0 Å². The van der Waals surface area contributed by atoms with Gasteiger partial charge in [0.05, 0.1) is 6.61 Å². The normalized spacial score (nSPS) is 16.4. The van der Waals surface area contributed by atoms with E-state index in [1.165, 1.54) is 4.90 Å². The van der Waals surface area contributed by atoms with Crippen LogP contribution >= 0.6 is 0 Å². The van der Waals surface area contributed by atoms with Gasteiger partial charge in [-0.3, -0.25) is 0 Å². The lowest BCUT2D eigenvalue weighted by Crippen LogP contribution is -2.27. The third kappa shape index (κ3) is 3.99. The van der Waals surface area contributed by atoms with Crippen LogP contribution in [-0.2, 0) is 11.2 Å². The number of hydrogen-bond acceptors (Lipinski definition) is 3. The fourth-order valence-electron chi connectivity index (χ4n) is 1.70. The molecule has 1 aliphatic heterocycles. The Morgan fingerprint density at radius 3 is 2.95 bits per heavy atom. The molecule has 1 fully saturated rings. The molecule has 1 saturated heterocycles. The molecule has 0 bridgehead atoms. The minimum Gasteiger partial charge on any atom is -0.490 e. The fraction of sp³-hybridized carbons (Fsp3) is 0.400. The predicted octanol–water partition coefficient (Wildman–Crippen LogP) is 2.29. The van der Waals surface area contributed by atoms with E-state index in [2.05, 4.69) is 11.9 Å². The van der Waals surface area contributed by atoms with Gasteiger partial charge in [-0.15, -0.1) is 6.58 Å². The first-order valence-electron chi connectivity index (χ1n) is 6.56. The molecule has 0 saturated carbocycles. The molecule has 20 heavy (non-hydrogen) atoms. The highest BCUT2D eigenvalue weighted by molar-refractivity contribution is 5.89. The van der Waals surface area contributed by atoms with Crippen molar-refractivity contribution in [2.75, 3.05) is 32.6 Å². The summed E-state index contributed by atoms with van der Waals surface area (Å²) >= 11 is 0. The third-order valence-corrected chi connectivity index (χ3v) is 2.91. The average molecular weight is 276 g/mol. The summed E-state index contributed by atoms with van der Waals surface area (Å²) in [5, 5.41) is 2.82. The van der Waals surface area contributed by atoms with Crippen molar-refractivity contribution >= 4 is 11.7 Å². The van der Waals surface area contributed by atoms with Crippen LogP contribution in [0.4, 0.5) is 10.5 Å². The van der Waals surface area contributed by atoms with Gasteiger partial charge in [-0.25, -0.2) is 4.79 Å². The van der Waals surface area contributed by atoms with Crippen molar-refractivity contribution in [3.8, 4) is 5.75 Å². The Morgan fingerprint density at radius 1 is 1.60 bits per heavy atom. The molecule has 5 nitrogen and oxygen atoms in total. The second-order valence-electron chi connectivity index (χ2n) is 4.91. The van der Waals surface area contributed by atoms with E-state index in [-0.39, 0.29) is 12.1 Å². The topological polar surface area (TPSA) is 54.1 Å². The minimum atomic E-state index is -0.158. The Kier molecular flexibility index (Phi) is 4.63. The molecule has 0 spiro atoms. The van der Waals surface area contributed by atoms with Gasteiger partial charge in [-0.1, -0.05) is 6.08 Å². The Bertz CT molecular complexity index is 496. The summed E-state index contributed by atoms with van der Waals surface area (Å²) in [6.45, 7) is 5.08. The standard InChI is InChI=1S/C15H20N2O3/c1-4-5-11-8-12(16-15(18)17(2)3)6-7-14(11)20-10-13-9-19-13/h4,6-8,13H,1,5,9-10H2,2-3H3,(H,16,18). The lowest BCUT2D eigenvalue weighted by molar-refractivity contribution is 0.230. The van der Waals surface area contributed by atoms with Crippen LogP contribution in [0.2, 0.25) is 0 Å². The van der Waals surface area contributed by atoms with Gasteiger partial charge < -0.3 is 19.7 Å². The quantitative estimate of drug-likeness (QED) is 0.640. The fourth-order valence-corrected chi connectivity index (χ4v) is 1.70. The van der Waals surface area contributed by atoms with Crippen molar-refractivity contribution in [3.63, 3.8) is 0 Å². The van der Waals surface area contributed by atoms with Crippen LogP contribution < -0.4 is 10.1 Å². The van der Waals surface area contributed by atoms with E-state index < -0.39 is 0 Å². The van der Waals surface area contributed by atoms with Crippen molar-refractivity contribution in [3.05, 3.63) is 36.4 Å². The molecule has 1 unspecified atom stereocenters. The number of epoxide rings is 1. The van der Waals surface area contributed by atoms with Gasteiger partial charge in [0.1, 0.15) is 18.5 Å². The van der Waals surface area contributed by atoms with E-state index in [0.29, 0.717) is 13.0 Å². The SMILES string of the molecule is C=CCc1cc(NC(=O)N(C)C)ccc1OCC1CO1. The molecule has 0 aliphatic carbocycles. The summed E-state index contributed by atoms with van der Waals surface area (Å²) < 4.78 is 10.9. The van der Waals surface area contributed by atoms with Gasteiger partial charge in [0.25, 0.3) is 0 Å². The number of allylic oxidation sites excluding steroid dienone is 1. The highest BCUT2D eigenvalue weighted by Gasteiger charge is 2.23. The molecule has 1 N–H and O–H groups in total. The molecule has 2 amide bonds. The van der Waals surface area contributed by atoms with Crippen LogP contribution in [-0.4, -0.2) is 44.3 Å². The molecule has 108 valence electrons. The predicted molar refractivity (Wildman–Crippen MR) is 78.3 cm³/mol. The summed E-state index contributed by atoms with van der Waals surface area (Å²) in [5.41, 5.74) is 1.74. The van der Waals surface area contributed by atoms with Gasteiger partial charge in [0.15, 0.2) is 0 Å². The zero-order valence-corrected chi connectivity index (χ0v) is 11.9. The molecule has 1 aliphatic rings. The number of nitrogens with one attached hydrogen (secondary N) is 1. The Hall–Kier alpha value is -2.01. The number of rotatable bonds is 6. The molecule has 1 aromatic carbocycles. The lowest BCUT2D eigenvalue weighted by atomic mass is 10.1. The number of amides is 2. The maximum absolute atomic E-state index is 11.6. The van der Waals surface area contributed by atoms with Crippen molar-refractivity contribution < 1.29 is 14.3 Å². The first kappa shape index (κ1) is 14.4. The van der Waals surface area contributed by atoms with Crippen LogP contribution in [0, 0.1) is 0 Å². The number of benzene rings is 1. The van der Waals surface area contributed by atoms with Gasteiger partial charge in [-0.2, -0.15) is 0 Å². The van der Waals surface area contributed by atoms with Crippen LogP contribution in [0.25, 0.3) is 0 Å². The van der Waals surface area contributed by atoms with E-state index in [1.54, 1.807) is 14.1 Å². The minimum absolute atomic E-state index is 0.158. The van der Waals surface area contributed by atoms with Gasteiger partial charge in [-0.05, 0) is 30.2 Å².